The number of halogens is 3. The van der Waals surface area contributed by atoms with Crippen LogP contribution < -0.4 is 0 Å². The maximum Gasteiger partial charge on any atom is 0.272 e. The van der Waals surface area contributed by atoms with Crippen LogP contribution in [0.3, 0.4) is 0 Å². The highest BCUT2D eigenvalue weighted by atomic mass is 127. The van der Waals surface area contributed by atoms with Crippen molar-refractivity contribution < 1.29 is 13.0 Å². The smallest absolute Gasteiger partial charge is 0.272 e. The maximum absolute atomic E-state index is 11.7. The van der Waals surface area contributed by atoms with Crippen molar-refractivity contribution in [2.75, 3.05) is 0 Å². The van der Waals surface area contributed by atoms with Gasteiger partial charge in [-0.1, -0.05) is 26.2 Å². The monoisotopic (exact) mass is 620 g/mol. The van der Waals surface area contributed by atoms with E-state index in [4.69, 9.17) is 0 Å². The molecule has 1 atom stereocenters. The largest absolute Gasteiger partial charge is 0.285 e. The van der Waals surface area contributed by atoms with Crippen LogP contribution in [0.2, 0.25) is 0 Å². The molecule has 0 aromatic heterocycles. The molecule has 0 amide bonds. The zero-order valence-corrected chi connectivity index (χ0v) is 17.7. The van der Waals surface area contributed by atoms with Crippen molar-refractivity contribution in [1.29, 1.82) is 0 Å². The fraction of sp³-hybridized carbons (Fsp3) is 0.500. The van der Waals surface area contributed by atoms with Gasteiger partial charge in [0.1, 0.15) is 5.25 Å². The Kier molecular flexibility index (Phi) is 7.82. The van der Waals surface area contributed by atoms with E-state index in [1.165, 1.54) is 0 Å². The van der Waals surface area contributed by atoms with Crippen molar-refractivity contribution in [2.24, 2.45) is 0 Å². The lowest BCUT2D eigenvalue weighted by molar-refractivity contribution is 0.459. The molecule has 0 saturated heterocycles. The van der Waals surface area contributed by atoms with Crippen LogP contribution in [-0.4, -0.2) is 13.0 Å². The minimum Gasteiger partial charge on any atom is -0.285 e. The molecule has 1 unspecified atom stereocenters. The predicted octanol–water partition coefficient (Wildman–Crippen LogP) is 5.01. The average molecular weight is 620 g/mol. The Morgan fingerprint density at radius 3 is 2.11 bits per heavy atom. The molecule has 0 heterocycles. The van der Waals surface area contributed by atoms with Gasteiger partial charge in [0, 0.05) is 10.7 Å². The number of rotatable bonds is 6. The van der Waals surface area contributed by atoms with Crippen molar-refractivity contribution in [2.45, 2.75) is 37.9 Å². The molecular formula is C12H15I3O3S. The lowest BCUT2D eigenvalue weighted by Gasteiger charge is -2.18. The molecule has 108 valence electrons. The maximum atomic E-state index is 11.7. The first kappa shape index (κ1) is 18.4. The molecule has 0 radical (unpaired) electrons. The van der Waals surface area contributed by atoms with Crippen molar-refractivity contribution in [3.63, 3.8) is 0 Å². The van der Waals surface area contributed by atoms with Crippen molar-refractivity contribution in [1.82, 2.24) is 0 Å². The Labute approximate surface area is 155 Å². The fourth-order valence-electron chi connectivity index (χ4n) is 1.88. The topological polar surface area (TPSA) is 54.4 Å². The van der Waals surface area contributed by atoms with Gasteiger partial charge in [0.05, 0.1) is 0 Å². The van der Waals surface area contributed by atoms with Gasteiger partial charge in [-0.3, -0.25) is 4.55 Å². The highest BCUT2D eigenvalue weighted by molar-refractivity contribution is 14.1. The van der Waals surface area contributed by atoms with E-state index in [9.17, 15) is 13.0 Å². The molecule has 19 heavy (non-hydrogen) atoms. The molecule has 0 aliphatic carbocycles. The van der Waals surface area contributed by atoms with Gasteiger partial charge in [-0.05, 0) is 91.9 Å². The molecule has 0 bridgehead atoms. The highest BCUT2D eigenvalue weighted by Crippen LogP contribution is 2.35. The summed E-state index contributed by atoms with van der Waals surface area (Å²) in [6, 6.07) is 3.88. The standard InChI is InChI=1S/C12H15I3O3S/c1-2-3-4-5-11(19(16,17)18)12-9(14)6-8(13)7-10(12)15/h6-7,11H,2-5H2,1H3,(H,16,17,18). The summed E-state index contributed by atoms with van der Waals surface area (Å²) in [5, 5.41) is -0.810. The molecule has 1 N–H and O–H groups in total. The van der Waals surface area contributed by atoms with E-state index in [1.807, 2.05) is 12.1 Å². The first-order chi connectivity index (χ1) is 8.77. The van der Waals surface area contributed by atoms with Gasteiger partial charge in [0.25, 0.3) is 10.1 Å². The molecule has 1 rings (SSSR count). The number of benzene rings is 1. The number of hydrogen-bond acceptors (Lipinski definition) is 2. The van der Waals surface area contributed by atoms with E-state index in [2.05, 4.69) is 74.7 Å². The minimum atomic E-state index is -4.07. The van der Waals surface area contributed by atoms with E-state index in [1.54, 1.807) is 0 Å². The van der Waals surface area contributed by atoms with Crippen LogP contribution in [0.15, 0.2) is 12.1 Å². The molecule has 0 aliphatic heterocycles. The van der Waals surface area contributed by atoms with Gasteiger partial charge >= 0.3 is 0 Å². The van der Waals surface area contributed by atoms with E-state index in [-0.39, 0.29) is 0 Å². The van der Waals surface area contributed by atoms with Gasteiger partial charge in [-0.25, -0.2) is 0 Å². The molecule has 1 aromatic carbocycles. The molecule has 0 aliphatic rings. The Hall–Kier alpha value is 1.32. The summed E-state index contributed by atoms with van der Waals surface area (Å²) in [4.78, 5) is 0. The predicted molar refractivity (Wildman–Crippen MR) is 103 cm³/mol. The van der Waals surface area contributed by atoms with Crippen LogP contribution in [-0.2, 0) is 10.1 Å². The van der Waals surface area contributed by atoms with E-state index < -0.39 is 15.4 Å². The second-order valence-corrected chi connectivity index (χ2v) is 9.45. The van der Waals surface area contributed by atoms with Crippen molar-refractivity contribution in [3.8, 4) is 0 Å². The zero-order chi connectivity index (χ0) is 14.6. The molecule has 0 fully saturated rings. The van der Waals surface area contributed by atoms with Crippen molar-refractivity contribution in [3.05, 3.63) is 28.4 Å². The second kappa shape index (κ2) is 8.08. The first-order valence-corrected chi connectivity index (χ1v) is 10.6. The summed E-state index contributed by atoms with van der Waals surface area (Å²) in [7, 11) is -4.07. The zero-order valence-electron chi connectivity index (χ0n) is 10.4. The quantitative estimate of drug-likeness (QED) is 0.277. The number of unbranched alkanes of at least 4 members (excludes halogenated alkanes) is 2. The van der Waals surface area contributed by atoms with Gasteiger partial charge < -0.3 is 0 Å². The Bertz CT molecular complexity index is 520. The third-order valence-electron chi connectivity index (χ3n) is 2.80. The molecule has 0 saturated carbocycles. The van der Waals surface area contributed by atoms with Crippen LogP contribution in [0.4, 0.5) is 0 Å². The molecule has 0 spiro atoms. The van der Waals surface area contributed by atoms with Gasteiger partial charge in [0.2, 0.25) is 0 Å². The van der Waals surface area contributed by atoms with Crippen LogP contribution >= 0.6 is 67.8 Å². The summed E-state index contributed by atoms with van der Waals surface area (Å²) < 4.78 is 35.7. The third kappa shape index (κ3) is 5.55. The van der Waals surface area contributed by atoms with Crippen LogP contribution in [0.25, 0.3) is 0 Å². The van der Waals surface area contributed by atoms with Crippen LogP contribution in [0.5, 0.6) is 0 Å². The SMILES string of the molecule is CCCCCC(c1c(I)cc(I)cc1I)S(=O)(=O)O. The Morgan fingerprint density at radius 2 is 1.68 bits per heavy atom. The van der Waals surface area contributed by atoms with Crippen molar-refractivity contribution >= 4 is 77.9 Å². The lowest BCUT2D eigenvalue weighted by atomic mass is 10.1. The first-order valence-electron chi connectivity index (χ1n) is 5.88. The van der Waals surface area contributed by atoms with Crippen LogP contribution in [0, 0.1) is 10.7 Å². The van der Waals surface area contributed by atoms with E-state index in [0.717, 1.165) is 35.5 Å². The fourth-order valence-corrected chi connectivity index (χ4v) is 7.66. The normalized spacial score (nSPS) is 13.5. The summed E-state index contributed by atoms with van der Waals surface area (Å²) >= 11 is 6.49. The molecule has 7 heteroatoms. The Balaban J connectivity index is 3.19. The lowest BCUT2D eigenvalue weighted by Crippen LogP contribution is -2.15. The Morgan fingerprint density at radius 1 is 1.16 bits per heavy atom. The summed E-state index contributed by atoms with van der Waals surface area (Å²) in [6.45, 7) is 2.07. The average Bonchev–Trinajstić information content (AvgIpc) is 2.24. The van der Waals surface area contributed by atoms with E-state index in [0.29, 0.717) is 6.42 Å². The highest BCUT2D eigenvalue weighted by Gasteiger charge is 2.28. The molecule has 3 nitrogen and oxygen atoms in total. The summed E-state index contributed by atoms with van der Waals surface area (Å²) in [6.07, 6.45) is 3.28. The molecule has 1 aromatic rings. The summed E-state index contributed by atoms with van der Waals surface area (Å²) in [5.74, 6) is 0. The van der Waals surface area contributed by atoms with E-state index >= 15 is 0 Å². The minimum absolute atomic E-state index is 0.471. The van der Waals surface area contributed by atoms with Gasteiger partial charge in [-0.2, -0.15) is 8.42 Å². The molecular weight excluding hydrogens is 605 g/mol. The van der Waals surface area contributed by atoms with Gasteiger partial charge in [0.15, 0.2) is 0 Å². The van der Waals surface area contributed by atoms with Gasteiger partial charge in [-0.15, -0.1) is 0 Å². The van der Waals surface area contributed by atoms with Crippen LogP contribution in [0.1, 0.15) is 43.4 Å². The third-order valence-corrected chi connectivity index (χ3v) is 6.39. The number of hydrogen-bond donors (Lipinski definition) is 1. The summed E-state index contributed by atoms with van der Waals surface area (Å²) in [5.41, 5.74) is 0.736. The second-order valence-electron chi connectivity index (χ2n) is 4.28.